The summed E-state index contributed by atoms with van der Waals surface area (Å²) in [5, 5.41) is 0. The van der Waals surface area contributed by atoms with Gasteiger partial charge in [0.05, 0.1) is 6.17 Å². The third kappa shape index (κ3) is 4.92. The fraction of sp³-hybridized carbons (Fsp3) is 0.308. The van der Waals surface area contributed by atoms with E-state index in [1.165, 1.54) is 22.3 Å². The maximum Gasteiger partial charge on any atom is 0.123 e. The Morgan fingerprint density at radius 1 is 0.759 bits per heavy atom. The molecule has 1 saturated heterocycles. The molecule has 1 aliphatic heterocycles. The molecule has 0 bridgehead atoms. The molecule has 3 aromatic carbocycles. The molecular formula is C26H29FN2. The highest BCUT2D eigenvalue weighted by Gasteiger charge is 2.30. The van der Waals surface area contributed by atoms with E-state index in [1.807, 2.05) is 12.1 Å². The number of rotatable bonds is 5. The van der Waals surface area contributed by atoms with E-state index in [-0.39, 0.29) is 12.0 Å². The lowest BCUT2D eigenvalue weighted by Gasteiger charge is -2.44. The van der Waals surface area contributed by atoms with Crippen LogP contribution in [0.3, 0.4) is 0 Å². The van der Waals surface area contributed by atoms with Gasteiger partial charge in [-0.1, -0.05) is 71.8 Å². The molecule has 1 aliphatic rings. The molecule has 0 saturated carbocycles. The van der Waals surface area contributed by atoms with E-state index < -0.39 is 0 Å². The van der Waals surface area contributed by atoms with Crippen molar-refractivity contribution >= 4 is 0 Å². The second-order valence-electron chi connectivity index (χ2n) is 8.19. The molecule has 1 heterocycles. The number of aryl methyl sites for hydroxylation is 2. The fourth-order valence-electron chi connectivity index (χ4n) is 4.29. The van der Waals surface area contributed by atoms with E-state index in [0.717, 1.165) is 38.2 Å². The standard InChI is InChI=1S/C26H29FN2/c1-20-7-9-22(10-8-20)18-28-15-4-16-29(19-23-11-13-25(27)14-12-23)26(28)24-6-3-5-21(2)17-24/h3,5-14,17,26H,4,15-16,18-19H2,1-2H3/t26-/m0/s1. The minimum absolute atomic E-state index is 0.177. The van der Waals surface area contributed by atoms with Crippen LogP contribution in [0, 0.1) is 19.7 Å². The van der Waals surface area contributed by atoms with Crippen molar-refractivity contribution in [1.82, 2.24) is 9.80 Å². The third-order valence-corrected chi connectivity index (χ3v) is 5.73. The highest BCUT2D eigenvalue weighted by atomic mass is 19.1. The van der Waals surface area contributed by atoms with E-state index in [4.69, 9.17) is 0 Å². The minimum atomic E-state index is -0.177. The number of nitrogens with zero attached hydrogens (tertiary/aromatic N) is 2. The summed E-state index contributed by atoms with van der Waals surface area (Å²) in [7, 11) is 0. The molecular weight excluding hydrogens is 359 g/mol. The van der Waals surface area contributed by atoms with Gasteiger partial charge in [0.15, 0.2) is 0 Å². The Hall–Kier alpha value is -2.49. The van der Waals surface area contributed by atoms with Gasteiger partial charge in [-0.3, -0.25) is 9.80 Å². The monoisotopic (exact) mass is 388 g/mol. The van der Waals surface area contributed by atoms with E-state index in [2.05, 4.69) is 72.2 Å². The Bertz CT molecular complexity index is 878. The minimum Gasteiger partial charge on any atom is -0.280 e. The van der Waals surface area contributed by atoms with Crippen LogP contribution in [0.4, 0.5) is 4.39 Å². The number of benzene rings is 3. The molecule has 1 fully saturated rings. The Morgan fingerprint density at radius 3 is 1.93 bits per heavy atom. The van der Waals surface area contributed by atoms with Crippen LogP contribution in [0.1, 0.15) is 40.4 Å². The summed E-state index contributed by atoms with van der Waals surface area (Å²) in [5.41, 5.74) is 6.41. The van der Waals surface area contributed by atoms with Gasteiger partial charge in [0.25, 0.3) is 0 Å². The Balaban J connectivity index is 1.63. The lowest BCUT2D eigenvalue weighted by atomic mass is 10.0. The van der Waals surface area contributed by atoms with Gasteiger partial charge < -0.3 is 0 Å². The van der Waals surface area contributed by atoms with Gasteiger partial charge in [-0.05, 0) is 49.1 Å². The lowest BCUT2D eigenvalue weighted by Crippen LogP contribution is -2.46. The largest absolute Gasteiger partial charge is 0.280 e. The molecule has 4 rings (SSSR count). The van der Waals surface area contributed by atoms with E-state index in [9.17, 15) is 4.39 Å². The molecule has 3 aromatic rings. The van der Waals surface area contributed by atoms with Crippen LogP contribution >= 0.6 is 0 Å². The zero-order chi connectivity index (χ0) is 20.2. The molecule has 150 valence electrons. The maximum absolute atomic E-state index is 13.4. The predicted octanol–water partition coefficient (Wildman–Crippen LogP) is 5.85. The van der Waals surface area contributed by atoms with Gasteiger partial charge >= 0.3 is 0 Å². The van der Waals surface area contributed by atoms with Crippen molar-refractivity contribution in [3.63, 3.8) is 0 Å². The van der Waals surface area contributed by atoms with Crippen molar-refractivity contribution in [2.45, 2.75) is 39.5 Å². The summed E-state index contributed by atoms with van der Waals surface area (Å²) < 4.78 is 13.4. The second kappa shape index (κ2) is 8.89. The highest BCUT2D eigenvalue weighted by molar-refractivity contribution is 5.27. The van der Waals surface area contributed by atoms with Crippen molar-refractivity contribution in [3.8, 4) is 0 Å². The molecule has 0 N–H and O–H groups in total. The fourth-order valence-corrected chi connectivity index (χ4v) is 4.29. The molecule has 1 atom stereocenters. The summed E-state index contributed by atoms with van der Waals surface area (Å²) in [6, 6.07) is 24.6. The average Bonchev–Trinajstić information content (AvgIpc) is 2.72. The summed E-state index contributed by atoms with van der Waals surface area (Å²) in [5.74, 6) is -0.177. The molecule has 0 aliphatic carbocycles. The zero-order valence-electron chi connectivity index (χ0n) is 17.3. The first-order valence-corrected chi connectivity index (χ1v) is 10.4. The molecule has 0 spiro atoms. The van der Waals surface area contributed by atoms with Crippen LogP contribution in [0.2, 0.25) is 0 Å². The first-order chi connectivity index (χ1) is 14.1. The highest BCUT2D eigenvalue weighted by Crippen LogP contribution is 2.32. The normalized spacial score (nSPS) is 18.1. The molecule has 3 heteroatoms. The van der Waals surface area contributed by atoms with Crippen LogP contribution in [0.15, 0.2) is 72.8 Å². The first-order valence-electron chi connectivity index (χ1n) is 10.4. The molecule has 2 nitrogen and oxygen atoms in total. The van der Waals surface area contributed by atoms with Gasteiger partial charge in [0.1, 0.15) is 5.82 Å². The summed E-state index contributed by atoms with van der Waals surface area (Å²) in [6.07, 6.45) is 1.35. The van der Waals surface area contributed by atoms with Crippen LogP contribution in [0.25, 0.3) is 0 Å². The average molecular weight is 389 g/mol. The Kier molecular flexibility index (Phi) is 6.08. The van der Waals surface area contributed by atoms with Crippen LogP contribution in [0.5, 0.6) is 0 Å². The van der Waals surface area contributed by atoms with Crippen molar-refractivity contribution < 1.29 is 4.39 Å². The summed E-state index contributed by atoms with van der Waals surface area (Å²) in [4.78, 5) is 5.10. The smallest absolute Gasteiger partial charge is 0.123 e. The SMILES string of the molecule is Cc1ccc(CN2CCCN(Cc3ccc(F)cc3)[C@H]2c2cccc(C)c2)cc1. The summed E-state index contributed by atoms with van der Waals surface area (Å²) in [6.45, 7) is 8.15. The van der Waals surface area contributed by atoms with Crippen molar-refractivity contribution in [3.05, 3.63) is 106 Å². The van der Waals surface area contributed by atoms with Gasteiger partial charge in [0.2, 0.25) is 0 Å². The second-order valence-corrected chi connectivity index (χ2v) is 8.19. The van der Waals surface area contributed by atoms with E-state index in [0.29, 0.717) is 0 Å². The van der Waals surface area contributed by atoms with Crippen molar-refractivity contribution in [2.24, 2.45) is 0 Å². The van der Waals surface area contributed by atoms with Crippen LogP contribution < -0.4 is 0 Å². The molecule has 0 radical (unpaired) electrons. The number of hydrogen-bond acceptors (Lipinski definition) is 2. The van der Waals surface area contributed by atoms with Crippen LogP contribution in [-0.2, 0) is 13.1 Å². The molecule has 0 aromatic heterocycles. The van der Waals surface area contributed by atoms with Crippen molar-refractivity contribution in [1.29, 1.82) is 0 Å². The molecule has 0 unspecified atom stereocenters. The first kappa shape index (κ1) is 19.8. The quantitative estimate of drug-likeness (QED) is 0.541. The van der Waals surface area contributed by atoms with E-state index >= 15 is 0 Å². The van der Waals surface area contributed by atoms with Gasteiger partial charge in [-0.25, -0.2) is 4.39 Å². The van der Waals surface area contributed by atoms with E-state index in [1.54, 1.807) is 12.1 Å². The third-order valence-electron chi connectivity index (χ3n) is 5.73. The number of hydrogen-bond donors (Lipinski definition) is 0. The van der Waals surface area contributed by atoms with Crippen LogP contribution in [-0.4, -0.2) is 22.9 Å². The summed E-state index contributed by atoms with van der Waals surface area (Å²) >= 11 is 0. The predicted molar refractivity (Wildman–Crippen MR) is 117 cm³/mol. The maximum atomic E-state index is 13.4. The lowest BCUT2D eigenvalue weighted by molar-refractivity contribution is -0.00912. The van der Waals surface area contributed by atoms with Gasteiger partial charge in [-0.15, -0.1) is 0 Å². The number of halogens is 1. The Morgan fingerprint density at radius 2 is 1.34 bits per heavy atom. The topological polar surface area (TPSA) is 6.48 Å². The van der Waals surface area contributed by atoms with Gasteiger partial charge in [-0.2, -0.15) is 0 Å². The molecule has 0 amide bonds. The molecule has 29 heavy (non-hydrogen) atoms. The zero-order valence-corrected chi connectivity index (χ0v) is 17.3. The Labute approximate surface area is 173 Å². The van der Waals surface area contributed by atoms with Gasteiger partial charge in [0, 0.05) is 26.2 Å². The van der Waals surface area contributed by atoms with Crippen molar-refractivity contribution in [2.75, 3.05) is 13.1 Å².